The molecule has 0 aliphatic carbocycles. The van der Waals surface area contributed by atoms with Crippen LogP contribution >= 0.6 is 0 Å². The zero-order valence-electron chi connectivity index (χ0n) is 16.6. The Morgan fingerprint density at radius 1 is 1.10 bits per heavy atom. The monoisotopic (exact) mass is 404 g/mol. The Kier molecular flexibility index (Phi) is 5.79. The summed E-state index contributed by atoms with van der Waals surface area (Å²) in [7, 11) is 0. The minimum Gasteiger partial charge on any atom is -0.484 e. The molecule has 2 amide bonds. The summed E-state index contributed by atoms with van der Waals surface area (Å²) in [5, 5.41) is 0. The number of aromatic nitrogens is 2. The quantitative estimate of drug-likeness (QED) is 0.659. The molecule has 7 heteroatoms. The molecule has 7 nitrogen and oxygen atoms in total. The number of hydrogen-bond acceptors (Lipinski definition) is 4. The number of nitrogens with one attached hydrogen (secondary N) is 1. The Morgan fingerprint density at radius 2 is 1.80 bits per heavy atom. The number of para-hydroxylation sites is 1. The number of nitrogens with zero attached hydrogens (tertiary/aromatic N) is 2. The predicted octanol–water partition coefficient (Wildman–Crippen LogP) is 2.96. The average Bonchev–Trinajstić information content (AvgIpc) is 3.25. The minimum atomic E-state index is -0.549. The van der Waals surface area contributed by atoms with Crippen molar-refractivity contribution in [2.45, 2.75) is 18.8 Å². The van der Waals surface area contributed by atoms with Crippen molar-refractivity contribution in [3.8, 4) is 17.0 Å². The van der Waals surface area contributed by atoms with E-state index in [1.165, 1.54) is 0 Å². The van der Waals surface area contributed by atoms with Crippen molar-refractivity contribution in [3.63, 3.8) is 0 Å². The molecule has 1 aliphatic rings. The topological polar surface area (TPSA) is 101 Å². The number of primary amides is 1. The molecule has 154 valence electrons. The van der Waals surface area contributed by atoms with Gasteiger partial charge < -0.3 is 20.4 Å². The summed E-state index contributed by atoms with van der Waals surface area (Å²) in [6.07, 6.45) is 1.73. The normalized spacial score (nSPS) is 16.3. The highest BCUT2D eigenvalue weighted by Crippen LogP contribution is 2.29. The molecule has 0 saturated carbocycles. The van der Waals surface area contributed by atoms with Gasteiger partial charge in [-0.1, -0.05) is 48.5 Å². The molecular formula is C23H24N4O3. The summed E-state index contributed by atoms with van der Waals surface area (Å²) in [5.74, 6) is 0.754. The van der Waals surface area contributed by atoms with Crippen molar-refractivity contribution in [3.05, 3.63) is 72.2 Å². The largest absolute Gasteiger partial charge is 0.484 e. The smallest absolute Gasteiger partial charge is 0.267 e. The highest BCUT2D eigenvalue weighted by molar-refractivity contribution is 5.97. The fourth-order valence-corrected chi connectivity index (χ4v) is 3.75. The van der Waals surface area contributed by atoms with Crippen LogP contribution in [-0.4, -0.2) is 46.4 Å². The lowest BCUT2D eigenvalue weighted by molar-refractivity contribution is -0.134. The fourth-order valence-electron chi connectivity index (χ4n) is 3.75. The Labute approximate surface area is 174 Å². The molecule has 0 bridgehead atoms. The molecule has 3 aromatic rings. The molecule has 1 aliphatic heterocycles. The third kappa shape index (κ3) is 4.35. The van der Waals surface area contributed by atoms with Crippen LogP contribution in [0.1, 0.15) is 35.1 Å². The Morgan fingerprint density at radius 3 is 2.50 bits per heavy atom. The van der Waals surface area contributed by atoms with E-state index in [9.17, 15) is 9.59 Å². The number of aromatic amines is 1. The van der Waals surface area contributed by atoms with E-state index in [2.05, 4.69) is 9.97 Å². The third-order valence-electron chi connectivity index (χ3n) is 5.28. The van der Waals surface area contributed by atoms with Gasteiger partial charge in [0.15, 0.2) is 6.61 Å². The van der Waals surface area contributed by atoms with Gasteiger partial charge in [0.1, 0.15) is 23.0 Å². The van der Waals surface area contributed by atoms with Crippen molar-refractivity contribution < 1.29 is 14.3 Å². The summed E-state index contributed by atoms with van der Waals surface area (Å²) in [4.78, 5) is 34.2. The molecule has 0 radical (unpaired) electrons. The number of imidazole rings is 1. The molecule has 1 saturated heterocycles. The summed E-state index contributed by atoms with van der Waals surface area (Å²) >= 11 is 0. The number of piperidine rings is 1. The van der Waals surface area contributed by atoms with Gasteiger partial charge in [0.05, 0.1) is 0 Å². The molecule has 2 heterocycles. The van der Waals surface area contributed by atoms with Crippen LogP contribution in [0.3, 0.4) is 0 Å². The van der Waals surface area contributed by atoms with Crippen molar-refractivity contribution >= 4 is 11.8 Å². The Balaban J connectivity index is 1.48. The average molecular weight is 404 g/mol. The number of likely N-dealkylation sites (tertiary alicyclic amines) is 1. The number of amides is 2. The molecule has 30 heavy (non-hydrogen) atoms. The maximum atomic E-state index is 12.6. The number of H-pyrrole nitrogens is 1. The second-order valence-corrected chi connectivity index (χ2v) is 7.36. The lowest BCUT2D eigenvalue weighted by Gasteiger charge is -2.31. The molecule has 1 aromatic heterocycles. The molecule has 0 spiro atoms. The Bertz CT molecular complexity index is 1020. The van der Waals surface area contributed by atoms with Gasteiger partial charge in [-0.3, -0.25) is 9.59 Å². The molecule has 1 atom stereocenters. The third-order valence-corrected chi connectivity index (χ3v) is 5.28. The first-order valence-electron chi connectivity index (χ1n) is 10.0. The van der Waals surface area contributed by atoms with Gasteiger partial charge in [-0.15, -0.1) is 0 Å². The number of carbonyl (C=O) groups is 2. The Hall–Kier alpha value is -3.61. The molecular weight excluding hydrogens is 380 g/mol. The van der Waals surface area contributed by atoms with Crippen LogP contribution in [0.25, 0.3) is 11.3 Å². The van der Waals surface area contributed by atoms with Gasteiger partial charge >= 0.3 is 0 Å². The minimum absolute atomic E-state index is 0.00328. The van der Waals surface area contributed by atoms with Crippen molar-refractivity contribution in [1.29, 1.82) is 0 Å². The highest BCUT2D eigenvalue weighted by Gasteiger charge is 2.28. The van der Waals surface area contributed by atoms with Gasteiger partial charge in [-0.05, 0) is 25.0 Å². The summed E-state index contributed by atoms with van der Waals surface area (Å²) < 4.78 is 5.60. The second kappa shape index (κ2) is 8.82. The number of hydrogen-bond donors (Lipinski definition) is 2. The van der Waals surface area contributed by atoms with Crippen LogP contribution in [0, 0.1) is 0 Å². The second-order valence-electron chi connectivity index (χ2n) is 7.36. The van der Waals surface area contributed by atoms with Crippen LogP contribution in [0.15, 0.2) is 60.7 Å². The summed E-state index contributed by atoms with van der Waals surface area (Å²) in [6.45, 7) is 1.20. The lowest BCUT2D eigenvalue weighted by atomic mass is 9.97. The van der Waals surface area contributed by atoms with Gasteiger partial charge in [0, 0.05) is 24.6 Å². The summed E-state index contributed by atoms with van der Waals surface area (Å²) in [6, 6.07) is 18.8. The van der Waals surface area contributed by atoms with Crippen molar-refractivity contribution in [1.82, 2.24) is 14.9 Å². The van der Waals surface area contributed by atoms with Crippen LogP contribution in [0.4, 0.5) is 0 Å². The van der Waals surface area contributed by atoms with Crippen LogP contribution < -0.4 is 10.5 Å². The zero-order chi connectivity index (χ0) is 20.9. The zero-order valence-corrected chi connectivity index (χ0v) is 16.6. The lowest BCUT2D eigenvalue weighted by Crippen LogP contribution is -2.41. The van der Waals surface area contributed by atoms with Crippen LogP contribution in [0.5, 0.6) is 5.75 Å². The van der Waals surface area contributed by atoms with E-state index in [0.717, 1.165) is 18.4 Å². The van der Waals surface area contributed by atoms with Crippen molar-refractivity contribution in [2.24, 2.45) is 5.73 Å². The molecule has 3 N–H and O–H groups in total. The number of carbonyl (C=O) groups excluding carboxylic acids is 2. The number of benzene rings is 2. The van der Waals surface area contributed by atoms with E-state index in [0.29, 0.717) is 36.1 Å². The standard InChI is InChI=1S/C23H24N4O3/c24-22(29)21-20(16-8-3-1-4-9-16)25-23(26-21)17-10-7-13-27(14-17)19(28)15-30-18-11-5-2-6-12-18/h1-6,8-9,11-12,17H,7,10,13-15H2,(H2,24,29)(H,25,26)/t17-/m0/s1. The molecule has 1 fully saturated rings. The number of rotatable bonds is 6. The first kappa shape index (κ1) is 19.7. The highest BCUT2D eigenvalue weighted by atomic mass is 16.5. The van der Waals surface area contributed by atoms with Crippen molar-refractivity contribution in [2.75, 3.05) is 19.7 Å². The molecule has 4 rings (SSSR count). The maximum absolute atomic E-state index is 12.6. The van der Waals surface area contributed by atoms with E-state index >= 15 is 0 Å². The van der Waals surface area contributed by atoms with E-state index in [4.69, 9.17) is 10.5 Å². The first-order valence-corrected chi connectivity index (χ1v) is 10.0. The van der Waals surface area contributed by atoms with E-state index in [1.807, 2.05) is 60.7 Å². The summed E-state index contributed by atoms with van der Waals surface area (Å²) in [5.41, 5.74) is 7.25. The van der Waals surface area contributed by atoms with Gasteiger partial charge in [-0.2, -0.15) is 0 Å². The van der Waals surface area contributed by atoms with Gasteiger partial charge in [-0.25, -0.2) is 4.98 Å². The van der Waals surface area contributed by atoms with Gasteiger partial charge in [0.2, 0.25) is 0 Å². The van der Waals surface area contributed by atoms with E-state index < -0.39 is 5.91 Å². The number of ether oxygens (including phenoxy) is 1. The van der Waals surface area contributed by atoms with Crippen LogP contribution in [0.2, 0.25) is 0 Å². The molecule has 0 unspecified atom stereocenters. The maximum Gasteiger partial charge on any atom is 0.267 e. The molecule has 2 aromatic carbocycles. The van der Waals surface area contributed by atoms with Crippen LogP contribution in [-0.2, 0) is 4.79 Å². The fraction of sp³-hybridized carbons (Fsp3) is 0.261. The first-order chi connectivity index (χ1) is 14.6. The predicted molar refractivity (Wildman–Crippen MR) is 113 cm³/mol. The van der Waals surface area contributed by atoms with E-state index in [-0.39, 0.29) is 18.4 Å². The number of nitrogens with two attached hydrogens (primary N) is 1. The van der Waals surface area contributed by atoms with E-state index in [1.54, 1.807) is 4.90 Å². The van der Waals surface area contributed by atoms with Gasteiger partial charge in [0.25, 0.3) is 11.8 Å². The SMILES string of the molecule is NC(=O)c1[nH]c([C@H]2CCCN(C(=O)COc3ccccc3)C2)nc1-c1ccccc1.